The van der Waals surface area contributed by atoms with Crippen LogP contribution in [0.2, 0.25) is 0 Å². The van der Waals surface area contributed by atoms with Gasteiger partial charge < -0.3 is 14.7 Å². The maximum absolute atomic E-state index is 14.6. The molecule has 2 aliphatic heterocycles. The van der Waals surface area contributed by atoms with Crippen molar-refractivity contribution < 1.29 is 27.0 Å². The Morgan fingerprint density at radius 2 is 2.09 bits per heavy atom. The van der Waals surface area contributed by atoms with Crippen LogP contribution in [0.5, 0.6) is 0 Å². The molecule has 3 atom stereocenters. The second kappa shape index (κ2) is 7.41. The van der Waals surface area contributed by atoms with Gasteiger partial charge in [-0.1, -0.05) is 12.1 Å². The van der Waals surface area contributed by atoms with Crippen LogP contribution in [0.3, 0.4) is 0 Å². The van der Waals surface area contributed by atoms with Gasteiger partial charge in [0.2, 0.25) is 16.0 Å². The molecule has 1 aliphatic carbocycles. The van der Waals surface area contributed by atoms with Crippen molar-refractivity contribution >= 4 is 16.0 Å². The fraction of sp³-hybridized carbons (Fsp3) is 0.524. The fourth-order valence-electron chi connectivity index (χ4n) is 4.58. The highest BCUT2D eigenvalue weighted by Crippen LogP contribution is 2.45. The van der Waals surface area contributed by atoms with Gasteiger partial charge >= 0.3 is 0 Å². The molecule has 0 unspecified atom stereocenters. The summed E-state index contributed by atoms with van der Waals surface area (Å²) in [5.41, 5.74) is 2.84. The number of aliphatic hydroxyl groups is 1. The Morgan fingerprint density at radius 3 is 2.78 bits per heavy atom. The number of aliphatic hydroxyl groups excluding tert-OH is 1. The summed E-state index contributed by atoms with van der Waals surface area (Å²) in [4.78, 5) is 10.5. The Balaban J connectivity index is 1.59. The van der Waals surface area contributed by atoms with E-state index in [0.29, 0.717) is 23.4 Å². The van der Waals surface area contributed by atoms with Crippen LogP contribution in [0.1, 0.15) is 41.8 Å². The molecule has 0 radical (unpaired) electrons. The predicted octanol–water partition coefficient (Wildman–Crippen LogP) is 1.87. The van der Waals surface area contributed by atoms with E-state index in [1.165, 1.54) is 0 Å². The van der Waals surface area contributed by atoms with Crippen LogP contribution in [-0.4, -0.2) is 55.0 Å². The van der Waals surface area contributed by atoms with Gasteiger partial charge in [0.25, 0.3) is 5.92 Å². The van der Waals surface area contributed by atoms with Crippen molar-refractivity contribution in [2.75, 3.05) is 24.3 Å². The number of halogens is 2. The molecule has 0 amide bonds. The van der Waals surface area contributed by atoms with E-state index >= 15 is 0 Å². The number of rotatable bonds is 4. The van der Waals surface area contributed by atoms with Crippen molar-refractivity contribution in [3.05, 3.63) is 40.6 Å². The molecule has 1 aromatic heterocycles. The van der Waals surface area contributed by atoms with Gasteiger partial charge in [-0.15, -0.1) is 0 Å². The fourth-order valence-corrected chi connectivity index (χ4v) is 5.30. The maximum Gasteiger partial charge on any atom is 0.290 e. The smallest absolute Gasteiger partial charge is 0.290 e. The number of anilines is 1. The molecule has 1 fully saturated rings. The van der Waals surface area contributed by atoms with Gasteiger partial charge in [-0.05, 0) is 30.5 Å². The molecule has 5 rings (SSSR count). The first-order valence-electron chi connectivity index (χ1n) is 10.5. The summed E-state index contributed by atoms with van der Waals surface area (Å²) in [6.45, 7) is 2.60. The molecule has 8 nitrogen and oxygen atoms in total. The van der Waals surface area contributed by atoms with Crippen molar-refractivity contribution in [3.8, 4) is 11.3 Å². The van der Waals surface area contributed by atoms with Crippen LogP contribution >= 0.6 is 0 Å². The number of nitrogens with zero attached hydrogens (tertiary/aromatic N) is 3. The zero-order valence-corrected chi connectivity index (χ0v) is 18.5. The van der Waals surface area contributed by atoms with Gasteiger partial charge in [0, 0.05) is 24.1 Å². The first kappa shape index (κ1) is 21.6. The molecular formula is C21H24F2N4O4S. The molecule has 0 spiro atoms. The monoisotopic (exact) mass is 466 g/mol. The summed E-state index contributed by atoms with van der Waals surface area (Å²) in [5, 5.41) is 9.86. The van der Waals surface area contributed by atoms with Crippen molar-refractivity contribution in [3.63, 3.8) is 0 Å². The second-order valence-electron chi connectivity index (χ2n) is 8.74. The number of nitrogens with one attached hydrogen (secondary N) is 1. The zero-order chi connectivity index (χ0) is 22.8. The van der Waals surface area contributed by atoms with E-state index in [4.69, 9.17) is 4.74 Å². The summed E-state index contributed by atoms with van der Waals surface area (Å²) in [5.74, 6) is -2.85. The van der Waals surface area contributed by atoms with Crippen LogP contribution in [0.4, 0.5) is 14.7 Å². The second-order valence-corrected chi connectivity index (χ2v) is 10.5. The number of aromatic nitrogens is 2. The summed E-state index contributed by atoms with van der Waals surface area (Å²) in [6, 6.07) is 4.63. The van der Waals surface area contributed by atoms with Crippen LogP contribution in [0.15, 0.2) is 18.2 Å². The molecule has 3 aliphatic rings. The van der Waals surface area contributed by atoms with Crippen molar-refractivity contribution in [2.45, 2.75) is 50.5 Å². The number of fused-ring (bicyclic) bond motifs is 2. The third-order valence-corrected chi connectivity index (χ3v) is 7.12. The molecule has 2 N–H and O–H groups in total. The number of alkyl halides is 2. The number of hydrogen-bond donors (Lipinski definition) is 2. The minimum absolute atomic E-state index is 0.169. The summed E-state index contributed by atoms with van der Waals surface area (Å²) < 4.78 is 60.7. The van der Waals surface area contributed by atoms with Crippen molar-refractivity contribution in [1.82, 2.24) is 14.7 Å². The van der Waals surface area contributed by atoms with Gasteiger partial charge in [0.1, 0.15) is 5.69 Å². The Labute approximate surface area is 184 Å². The Kier molecular flexibility index (Phi) is 5.01. The number of benzene rings is 1. The number of sulfonamides is 1. The normalized spacial score (nSPS) is 26.4. The Morgan fingerprint density at radius 1 is 1.31 bits per heavy atom. The quantitative estimate of drug-likeness (QED) is 0.709. The van der Waals surface area contributed by atoms with Crippen LogP contribution in [-0.2, 0) is 33.7 Å². The molecule has 0 bridgehead atoms. The van der Waals surface area contributed by atoms with E-state index < -0.39 is 28.1 Å². The first-order chi connectivity index (χ1) is 15.0. The lowest BCUT2D eigenvalue weighted by atomic mass is 9.95. The minimum atomic E-state index is -3.43. The minimum Gasteiger partial charge on any atom is -0.389 e. The molecule has 1 aromatic carbocycles. The van der Waals surface area contributed by atoms with E-state index in [0.717, 1.165) is 17.4 Å². The lowest BCUT2D eigenvalue weighted by Crippen LogP contribution is -2.59. The Bertz CT molecular complexity index is 1190. The molecule has 2 aromatic rings. The highest BCUT2D eigenvalue weighted by atomic mass is 32.2. The molecule has 1 saturated heterocycles. The van der Waals surface area contributed by atoms with Gasteiger partial charge in [-0.2, -0.15) is 8.78 Å². The van der Waals surface area contributed by atoms with Crippen molar-refractivity contribution in [1.29, 1.82) is 0 Å². The SMILES string of the molecule is C[C@H]1[C@H](O)CN1c1nc(-c2ccc3c(c2)COC[C@@H]3NS(C)(=O)=O)c2c(n1)C(F)(F)CC2. The van der Waals surface area contributed by atoms with E-state index in [2.05, 4.69) is 14.7 Å². The van der Waals surface area contributed by atoms with Gasteiger partial charge in [0.05, 0.1) is 43.4 Å². The predicted molar refractivity (Wildman–Crippen MR) is 113 cm³/mol. The average Bonchev–Trinajstić information content (AvgIpc) is 3.04. The topological polar surface area (TPSA) is 105 Å². The van der Waals surface area contributed by atoms with Crippen LogP contribution in [0.25, 0.3) is 11.3 Å². The number of β-amino-alcohol motifs (C(OH)–C–C–N with tert-alkyl or cyclic N) is 1. The van der Waals surface area contributed by atoms with Crippen LogP contribution in [0, 0.1) is 0 Å². The van der Waals surface area contributed by atoms with Crippen molar-refractivity contribution in [2.24, 2.45) is 0 Å². The van der Waals surface area contributed by atoms with E-state index in [1.54, 1.807) is 24.0 Å². The molecule has 11 heteroatoms. The summed E-state index contributed by atoms with van der Waals surface area (Å²) in [6.07, 6.45) is 0.396. The standard InChI is InChI=1S/C21H24F2N4O4S/c1-11-17(28)8-27(11)20-24-18(15-5-6-21(22,23)19(15)25-20)12-3-4-14-13(7-12)9-31-10-16(14)26-32(2,29)30/h3-4,7,11,16-17,26,28H,5-6,8-10H2,1-2H3/t11-,16-,17+/m0/s1. The highest BCUT2D eigenvalue weighted by Gasteiger charge is 2.45. The number of ether oxygens (including phenoxy) is 1. The maximum atomic E-state index is 14.6. The molecule has 3 heterocycles. The molecular weight excluding hydrogens is 442 g/mol. The summed E-state index contributed by atoms with van der Waals surface area (Å²) in [7, 11) is -3.43. The highest BCUT2D eigenvalue weighted by molar-refractivity contribution is 7.88. The van der Waals surface area contributed by atoms with Crippen LogP contribution < -0.4 is 9.62 Å². The van der Waals surface area contributed by atoms with E-state index in [9.17, 15) is 22.3 Å². The lowest BCUT2D eigenvalue weighted by molar-refractivity contribution is -0.00603. The third kappa shape index (κ3) is 3.66. The zero-order valence-electron chi connectivity index (χ0n) is 17.7. The molecule has 0 saturated carbocycles. The first-order valence-corrected chi connectivity index (χ1v) is 12.3. The lowest BCUT2D eigenvalue weighted by Gasteiger charge is -2.43. The van der Waals surface area contributed by atoms with E-state index in [1.807, 2.05) is 6.07 Å². The Hall–Kier alpha value is -2.21. The van der Waals surface area contributed by atoms with Gasteiger partial charge in [-0.25, -0.2) is 23.1 Å². The molecule has 172 valence electrons. The van der Waals surface area contributed by atoms with E-state index in [-0.39, 0.29) is 43.7 Å². The van der Waals surface area contributed by atoms with Gasteiger partial charge in [-0.3, -0.25) is 0 Å². The largest absolute Gasteiger partial charge is 0.389 e. The third-order valence-electron chi connectivity index (χ3n) is 6.41. The average molecular weight is 467 g/mol. The number of hydrogen-bond acceptors (Lipinski definition) is 7. The molecule has 32 heavy (non-hydrogen) atoms. The van der Waals surface area contributed by atoms with Gasteiger partial charge in [0.15, 0.2) is 0 Å². The summed E-state index contributed by atoms with van der Waals surface area (Å²) >= 11 is 0.